The Morgan fingerprint density at radius 3 is 2.20 bits per heavy atom. The number of fused-ring (bicyclic) bond motifs is 1. The molecule has 0 aliphatic rings. The maximum atomic E-state index is 13.2. The summed E-state index contributed by atoms with van der Waals surface area (Å²) < 4.78 is 0. The predicted octanol–water partition coefficient (Wildman–Crippen LogP) is 2.83. The van der Waals surface area contributed by atoms with Gasteiger partial charge in [-0.05, 0) is 42.3 Å². The fourth-order valence-electron chi connectivity index (χ4n) is 3.59. The third kappa shape index (κ3) is 5.05. The standard InChI is InChI=1S/C25H29N3O2/c1-25(27-3,17-19-13-14-20-11-7-8-12-21(20)15-19)24(30)28-22(23(29)26-2)16-18-9-5-4-6-10-18/h4-15,22,27H,16-17H2,1-3H3,(H,26,29)(H,28,30). The Bertz CT molecular complexity index is 1020. The number of amides is 2. The minimum absolute atomic E-state index is 0.206. The molecular formula is C25H29N3O2. The van der Waals surface area contributed by atoms with E-state index in [9.17, 15) is 9.59 Å². The predicted molar refractivity (Wildman–Crippen MR) is 121 cm³/mol. The smallest absolute Gasteiger partial charge is 0.242 e. The van der Waals surface area contributed by atoms with E-state index >= 15 is 0 Å². The molecule has 2 atom stereocenters. The number of benzene rings is 3. The molecule has 0 fully saturated rings. The summed E-state index contributed by atoms with van der Waals surface area (Å²) in [6, 6.07) is 23.4. The first kappa shape index (κ1) is 21.5. The van der Waals surface area contributed by atoms with Crippen LogP contribution in [0.5, 0.6) is 0 Å². The third-order valence-corrected chi connectivity index (χ3v) is 5.58. The minimum atomic E-state index is -0.856. The van der Waals surface area contributed by atoms with Gasteiger partial charge in [-0.3, -0.25) is 9.59 Å². The lowest BCUT2D eigenvalue weighted by molar-refractivity contribution is -0.132. The Morgan fingerprint density at radius 2 is 1.53 bits per heavy atom. The summed E-state index contributed by atoms with van der Waals surface area (Å²) >= 11 is 0. The van der Waals surface area contributed by atoms with Crippen molar-refractivity contribution < 1.29 is 9.59 Å². The zero-order valence-electron chi connectivity index (χ0n) is 17.7. The van der Waals surface area contributed by atoms with Crippen molar-refractivity contribution in [1.82, 2.24) is 16.0 Å². The van der Waals surface area contributed by atoms with E-state index in [2.05, 4.69) is 40.2 Å². The molecule has 3 aromatic rings. The van der Waals surface area contributed by atoms with Crippen molar-refractivity contribution in [1.29, 1.82) is 0 Å². The van der Waals surface area contributed by atoms with E-state index in [0.717, 1.165) is 16.5 Å². The van der Waals surface area contributed by atoms with Gasteiger partial charge in [0, 0.05) is 13.5 Å². The molecular weight excluding hydrogens is 374 g/mol. The Hall–Kier alpha value is -3.18. The summed E-state index contributed by atoms with van der Waals surface area (Å²) in [7, 11) is 3.35. The Balaban J connectivity index is 1.78. The first-order valence-electron chi connectivity index (χ1n) is 10.2. The lowest BCUT2D eigenvalue weighted by atomic mass is 9.90. The van der Waals surface area contributed by atoms with Gasteiger partial charge in [-0.1, -0.05) is 72.8 Å². The molecule has 3 rings (SSSR count). The van der Waals surface area contributed by atoms with Gasteiger partial charge in [-0.2, -0.15) is 0 Å². The second-order valence-electron chi connectivity index (χ2n) is 7.77. The zero-order valence-corrected chi connectivity index (χ0v) is 17.7. The highest BCUT2D eigenvalue weighted by molar-refractivity contribution is 5.92. The first-order chi connectivity index (χ1) is 14.4. The number of rotatable bonds is 8. The van der Waals surface area contributed by atoms with Crippen molar-refractivity contribution in [2.45, 2.75) is 31.3 Å². The monoisotopic (exact) mass is 403 g/mol. The lowest BCUT2D eigenvalue weighted by Crippen LogP contribution is -2.59. The molecule has 156 valence electrons. The van der Waals surface area contributed by atoms with Gasteiger partial charge in [0.25, 0.3) is 0 Å². The average molecular weight is 404 g/mol. The van der Waals surface area contributed by atoms with Gasteiger partial charge in [0.2, 0.25) is 11.8 Å². The van der Waals surface area contributed by atoms with Crippen molar-refractivity contribution >= 4 is 22.6 Å². The van der Waals surface area contributed by atoms with Crippen molar-refractivity contribution in [3.8, 4) is 0 Å². The van der Waals surface area contributed by atoms with E-state index in [1.54, 1.807) is 14.1 Å². The molecule has 0 bridgehead atoms. The van der Waals surface area contributed by atoms with Crippen LogP contribution < -0.4 is 16.0 Å². The van der Waals surface area contributed by atoms with E-state index in [1.807, 2.05) is 55.5 Å². The number of likely N-dealkylation sites (N-methyl/N-ethyl adjacent to an activating group) is 2. The highest BCUT2D eigenvalue weighted by atomic mass is 16.2. The van der Waals surface area contributed by atoms with E-state index in [4.69, 9.17) is 0 Å². The Morgan fingerprint density at radius 1 is 0.867 bits per heavy atom. The van der Waals surface area contributed by atoms with Gasteiger partial charge in [0.1, 0.15) is 6.04 Å². The molecule has 3 N–H and O–H groups in total. The number of hydrogen-bond acceptors (Lipinski definition) is 3. The van der Waals surface area contributed by atoms with Gasteiger partial charge in [-0.25, -0.2) is 0 Å². The van der Waals surface area contributed by atoms with Crippen LogP contribution >= 0.6 is 0 Å². The molecule has 0 spiro atoms. The lowest BCUT2D eigenvalue weighted by Gasteiger charge is -2.30. The molecule has 2 unspecified atom stereocenters. The summed E-state index contributed by atoms with van der Waals surface area (Å²) in [5, 5.41) is 11.1. The van der Waals surface area contributed by atoms with E-state index in [-0.39, 0.29) is 11.8 Å². The van der Waals surface area contributed by atoms with Crippen LogP contribution in [-0.2, 0) is 22.4 Å². The molecule has 0 aromatic heterocycles. The van der Waals surface area contributed by atoms with Crippen LogP contribution in [0.2, 0.25) is 0 Å². The molecule has 0 aliphatic heterocycles. The Labute approximate surface area is 177 Å². The highest BCUT2D eigenvalue weighted by Crippen LogP contribution is 2.20. The topological polar surface area (TPSA) is 70.2 Å². The second-order valence-corrected chi connectivity index (χ2v) is 7.77. The summed E-state index contributed by atoms with van der Waals surface area (Å²) in [4.78, 5) is 25.7. The van der Waals surface area contributed by atoms with Crippen LogP contribution in [0.25, 0.3) is 10.8 Å². The second kappa shape index (κ2) is 9.55. The molecule has 3 aromatic carbocycles. The fourth-order valence-corrected chi connectivity index (χ4v) is 3.59. The number of carbonyl (C=O) groups is 2. The fraction of sp³-hybridized carbons (Fsp3) is 0.280. The van der Waals surface area contributed by atoms with Gasteiger partial charge >= 0.3 is 0 Å². The zero-order chi connectivity index (χ0) is 21.6. The number of carbonyl (C=O) groups excluding carboxylic acids is 2. The van der Waals surface area contributed by atoms with Gasteiger partial charge in [0.15, 0.2) is 0 Å². The van der Waals surface area contributed by atoms with Gasteiger partial charge in [-0.15, -0.1) is 0 Å². The summed E-state index contributed by atoms with van der Waals surface area (Å²) in [5.74, 6) is -0.418. The van der Waals surface area contributed by atoms with Crippen LogP contribution in [0, 0.1) is 0 Å². The molecule has 0 aliphatic carbocycles. The van der Waals surface area contributed by atoms with Gasteiger partial charge in [0.05, 0.1) is 5.54 Å². The normalized spacial score (nSPS) is 14.0. The van der Waals surface area contributed by atoms with Crippen LogP contribution in [0.3, 0.4) is 0 Å². The molecule has 5 heteroatoms. The van der Waals surface area contributed by atoms with Crippen LogP contribution in [0.15, 0.2) is 72.8 Å². The van der Waals surface area contributed by atoms with Crippen LogP contribution in [0.4, 0.5) is 0 Å². The summed E-state index contributed by atoms with van der Waals surface area (Å²) in [6.45, 7) is 1.86. The van der Waals surface area contributed by atoms with E-state index < -0.39 is 11.6 Å². The minimum Gasteiger partial charge on any atom is -0.357 e. The average Bonchev–Trinajstić information content (AvgIpc) is 2.78. The summed E-state index contributed by atoms with van der Waals surface area (Å²) in [6.07, 6.45) is 0.938. The van der Waals surface area contributed by atoms with Crippen LogP contribution in [0.1, 0.15) is 18.1 Å². The maximum Gasteiger partial charge on any atom is 0.242 e. The van der Waals surface area contributed by atoms with Crippen molar-refractivity contribution in [2.24, 2.45) is 0 Å². The largest absolute Gasteiger partial charge is 0.357 e. The molecule has 2 amide bonds. The Kier molecular flexibility index (Phi) is 6.85. The van der Waals surface area contributed by atoms with Crippen molar-refractivity contribution in [3.63, 3.8) is 0 Å². The summed E-state index contributed by atoms with van der Waals surface area (Å²) in [5.41, 5.74) is 1.19. The number of hydrogen-bond donors (Lipinski definition) is 3. The van der Waals surface area contributed by atoms with Crippen molar-refractivity contribution in [2.75, 3.05) is 14.1 Å². The SMILES string of the molecule is CNC(=O)C(Cc1ccccc1)NC(=O)C(C)(Cc1ccc2ccccc2c1)NC. The molecule has 5 nitrogen and oxygen atoms in total. The maximum absolute atomic E-state index is 13.2. The first-order valence-corrected chi connectivity index (χ1v) is 10.2. The number of nitrogens with one attached hydrogen (secondary N) is 3. The van der Waals surface area contributed by atoms with Crippen molar-refractivity contribution in [3.05, 3.63) is 83.9 Å². The molecule has 0 saturated carbocycles. The van der Waals surface area contributed by atoms with Crippen LogP contribution in [-0.4, -0.2) is 37.5 Å². The molecule has 0 radical (unpaired) electrons. The quantitative estimate of drug-likeness (QED) is 0.542. The van der Waals surface area contributed by atoms with E-state index in [0.29, 0.717) is 12.8 Å². The molecule has 0 heterocycles. The third-order valence-electron chi connectivity index (χ3n) is 5.58. The molecule has 0 saturated heterocycles. The highest BCUT2D eigenvalue weighted by Gasteiger charge is 2.34. The van der Waals surface area contributed by atoms with Gasteiger partial charge < -0.3 is 16.0 Å². The molecule has 30 heavy (non-hydrogen) atoms. The van der Waals surface area contributed by atoms with E-state index in [1.165, 1.54) is 5.39 Å².